The van der Waals surface area contributed by atoms with Crippen LogP contribution < -0.4 is 0 Å². The zero-order valence-corrected chi connectivity index (χ0v) is 11.0. The molecule has 0 aliphatic rings. The first kappa shape index (κ1) is 13.5. The van der Waals surface area contributed by atoms with E-state index >= 15 is 0 Å². The van der Waals surface area contributed by atoms with Crippen molar-refractivity contribution < 1.29 is 9.47 Å². The highest BCUT2D eigenvalue weighted by atomic mass is 16.5. The Kier molecular flexibility index (Phi) is 4.90. The number of aromatic nitrogens is 2. The van der Waals surface area contributed by atoms with Gasteiger partial charge in [0.2, 0.25) is 0 Å². The Balaban J connectivity index is 2.10. The molecule has 0 unspecified atom stereocenters. The topological polar surface area (TPSA) is 60.1 Å². The van der Waals surface area contributed by atoms with Crippen molar-refractivity contribution >= 4 is 11.0 Å². The Bertz CT molecular complexity index is 572. The van der Waals surface area contributed by atoms with Gasteiger partial charge in [-0.05, 0) is 12.1 Å². The SMILES string of the molecule is COCCOCCn1c(CC#N)nc2ccccc21. The van der Waals surface area contributed by atoms with Gasteiger partial charge in [-0.2, -0.15) is 5.26 Å². The molecule has 0 amide bonds. The minimum absolute atomic E-state index is 0.312. The molecule has 0 saturated carbocycles. The predicted octanol–water partition coefficient (Wildman–Crippen LogP) is 1.77. The lowest BCUT2D eigenvalue weighted by Gasteiger charge is -2.08. The van der Waals surface area contributed by atoms with Crippen LogP contribution in [0.3, 0.4) is 0 Å². The van der Waals surface area contributed by atoms with Gasteiger partial charge in [-0.25, -0.2) is 4.98 Å². The normalized spacial score (nSPS) is 10.7. The van der Waals surface area contributed by atoms with Crippen LogP contribution in [0.2, 0.25) is 0 Å². The van der Waals surface area contributed by atoms with Crippen molar-refractivity contribution in [1.82, 2.24) is 9.55 Å². The molecule has 1 aromatic heterocycles. The first-order valence-electron chi connectivity index (χ1n) is 6.24. The Morgan fingerprint density at radius 2 is 2.11 bits per heavy atom. The molecule has 2 aromatic rings. The van der Waals surface area contributed by atoms with E-state index in [4.69, 9.17) is 14.7 Å². The molecule has 5 nitrogen and oxygen atoms in total. The average Bonchev–Trinajstić information content (AvgIpc) is 2.77. The van der Waals surface area contributed by atoms with Gasteiger partial charge in [0.05, 0.1) is 43.3 Å². The predicted molar refractivity (Wildman–Crippen MR) is 71.7 cm³/mol. The molecule has 0 saturated heterocycles. The van der Waals surface area contributed by atoms with Crippen LogP contribution in [0.1, 0.15) is 5.82 Å². The van der Waals surface area contributed by atoms with Crippen molar-refractivity contribution in [2.75, 3.05) is 26.9 Å². The summed E-state index contributed by atoms with van der Waals surface area (Å²) >= 11 is 0. The second-order valence-electron chi connectivity index (χ2n) is 4.11. The van der Waals surface area contributed by atoms with Crippen LogP contribution in [-0.2, 0) is 22.4 Å². The molecule has 1 heterocycles. The fraction of sp³-hybridized carbons (Fsp3) is 0.429. The average molecular weight is 259 g/mol. The first-order valence-corrected chi connectivity index (χ1v) is 6.24. The lowest BCUT2D eigenvalue weighted by atomic mass is 10.3. The van der Waals surface area contributed by atoms with E-state index in [2.05, 4.69) is 11.1 Å². The number of methoxy groups -OCH3 is 1. The summed E-state index contributed by atoms with van der Waals surface area (Å²) < 4.78 is 12.4. The Hall–Kier alpha value is -1.90. The van der Waals surface area contributed by atoms with E-state index in [1.165, 1.54) is 0 Å². The van der Waals surface area contributed by atoms with Gasteiger partial charge in [0.15, 0.2) is 0 Å². The second-order valence-corrected chi connectivity index (χ2v) is 4.11. The highest BCUT2D eigenvalue weighted by Crippen LogP contribution is 2.16. The molecule has 0 spiro atoms. The molecule has 19 heavy (non-hydrogen) atoms. The van der Waals surface area contributed by atoms with Crippen molar-refractivity contribution in [3.63, 3.8) is 0 Å². The molecule has 5 heteroatoms. The summed E-state index contributed by atoms with van der Waals surface area (Å²) in [7, 11) is 1.65. The van der Waals surface area contributed by atoms with Gasteiger partial charge < -0.3 is 14.0 Å². The van der Waals surface area contributed by atoms with E-state index in [9.17, 15) is 0 Å². The van der Waals surface area contributed by atoms with Crippen molar-refractivity contribution in [2.45, 2.75) is 13.0 Å². The van der Waals surface area contributed by atoms with Crippen LogP contribution in [0, 0.1) is 11.3 Å². The van der Waals surface area contributed by atoms with Gasteiger partial charge in [-0.15, -0.1) is 0 Å². The smallest absolute Gasteiger partial charge is 0.124 e. The first-order chi connectivity index (χ1) is 9.36. The molecule has 2 rings (SSSR count). The fourth-order valence-corrected chi connectivity index (χ4v) is 1.98. The van der Waals surface area contributed by atoms with Gasteiger partial charge in [0.1, 0.15) is 5.82 Å². The van der Waals surface area contributed by atoms with Gasteiger partial charge in [0, 0.05) is 13.7 Å². The Labute approximate surface area is 112 Å². The van der Waals surface area contributed by atoms with Gasteiger partial charge in [0.25, 0.3) is 0 Å². The summed E-state index contributed by atoms with van der Waals surface area (Å²) in [4.78, 5) is 4.48. The van der Waals surface area contributed by atoms with Crippen LogP contribution in [0.5, 0.6) is 0 Å². The third-order valence-corrected chi connectivity index (χ3v) is 2.86. The standard InChI is InChI=1S/C14H17N3O2/c1-18-10-11-19-9-8-17-13-5-3-2-4-12(13)16-14(17)6-7-15/h2-5H,6,8-11H2,1H3. The van der Waals surface area contributed by atoms with Crippen LogP contribution in [0.4, 0.5) is 0 Å². The van der Waals surface area contributed by atoms with Crippen LogP contribution in [-0.4, -0.2) is 36.5 Å². The molecule has 0 atom stereocenters. The number of nitriles is 1. The molecular weight excluding hydrogens is 242 g/mol. The van der Waals surface area contributed by atoms with E-state index in [1.807, 2.05) is 28.8 Å². The highest BCUT2D eigenvalue weighted by Gasteiger charge is 2.09. The van der Waals surface area contributed by atoms with E-state index < -0.39 is 0 Å². The number of imidazole rings is 1. The quantitative estimate of drug-likeness (QED) is 0.711. The van der Waals surface area contributed by atoms with Gasteiger partial charge >= 0.3 is 0 Å². The third-order valence-electron chi connectivity index (χ3n) is 2.86. The number of hydrogen-bond acceptors (Lipinski definition) is 4. The van der Waals surface area contributed by atoms with E-state index in [1.54, 1.807) is 7.11 Å². The van der Waals surface area contributed by atoms with Crippen molar-refractivity contribution in [3.05, 3.63) is 30.1 Å². The molecule has 0 fully saturated rings. The minimum atomic E-state index is 0.312. The maximum Gasteiger partial charge on any atom is 0.124 e. The number of para-hydroxylation sites is 2. The third kappa shape index (κ3) is 3.31. The van der Waals surface area contributed by atoms with Crippen molar-refractivity contribution in [2.24, 2.45) is 0 Å². The number of nitrogens with zero attached hydrogens (tertiary/aromatic N) is 3. The molecule has 0 aliphatic carbocycles. The van der Waals surface area contributed by atoms with Gasteiger partial charge in [-0.1, -0.05) is 12.1 Å². The number of ether oxygens (including phenoxy) is 2. The Morgan fingerprint density at radius 3 is 2.89 bits per heavy atom. The molecular formula is C14H17N3O2. The maximum atomic E-state index is 8.86. The number of hydrogen-bond donors (Lipinski definition) is 0. The zero-order chi connectivity index (χ0) is 13.5. The van der Waals surface area contributed by atoms with Crippen LogP contribution in [0.25, 0.3) is 11.0 Å². The number of rotatable bonds is 7. The molecule has 0 N–H and O–H groups in total. The van der Waals surface area contributed by atoms with Crippen molar-refractivity contribution in [3.8, 4) is 6.07 Å². The monoisotopic (exact) mass is 259 g/mol. The summed E-state index contributed by atoms with van der Waals surface area (Å²) in [5.41, 5.74) is 1.97. The summed E-state index contributed by atoms with van der Waals surface area (Å²) in [5.74, 6) is 0.791. The fourth-order valence-electron chi connectivity index (χ4n) is 1.98. The van der Waals surface area contributed by atoms with Crippen molar-refractivity contribution in [1.29, 1.82) is 5.26 Å². The number of fused-ring (bicyclic) bond motifs is 1. The summed E-state index contributed by atoms with van der Waals surface area (Å²) in [6, 6.07) is 10.0. The molecule has 100 valence electrons. The molecule has 0 bridgehead atoms. The Morgan fingerprint density at radius 1 is 1.26 bits per heavy atom. The van der Waals surface area contributed by atoms with E-state index in [-0.39, 0.29) is 0 Å². The zero-order valence-electron chi connectivity index (χ0n) is 11.0. The molecule has 1 aromatic carbocycles. The maximum absolute atomic E-state index is 8.86. The molecule has 0 radical (unpaired) electrons. The van der Waals surface area contributed by atoms with Crippen LogP contribution >= 0.6 is 0 Å². The highest BCUT2D eigenvalue weighted by molar-refractivity contribution is 5.75. The van der Waals surface area contributed by atoms with Gasteiger partial charge in [-0.3, -0.25) is 0 Å². The largest absolute Gasteiger partial charge is 0.382 e. The summed E-state index contributed by atoms with van der Waals surface area (Å²) in [6.07, 6.45) is 0.312. The second kappa shape index (κ2) is 6.88. The number of benzene rings is 1. The molecule has 0 aliphatic heterocycles. The lowest BCUT2D eigenvalue weighted by molar-refractivity contribution is 0.0667. The lowest BCUT2D eigenvalue weighted by Crippen LogP contribution is -2.11. The van der Waals surface area contributed by atoms with Crippen LogP contribution in [0.15, 0.2) is 24.3 Å². The summed E-state index contributed by atoms with van der Waals surface area (Å²) in [6.45, 7) is 2.45. The van der Waals surface area contributed by atoms with E-state index in [0.717, 1.165) is 16.9 Å². The van der Waals surface area contributed by atoms with E-state index in [0.29, 0.717) is 32.8 Å². The summed E-state index contributed by atoms with van der Waals surface area (Å²) in [5, 5.41) is 8.86. The minimum Gasteiger partial charge on any atom is -0.382 e.